The maximum Gasteiger partial charge on any atom is 0.416 e. The van der Waals surface area contributed by atoms with Crippen LogP contribution in [0.5, 0.6) is 5.75 Å². The zero-order valence-electron chi connectivity index (χ0n) is 11.4. The van der Waals surface area contributed by atoms with E-state index in [1.807, 2.05) is 0 Å². The summed E-state index contributed by atoms with van der Waals surface area (Å²) < 4.78 is 45.1. The molecule has 2 heterocycles. The lowest BCUT2D eigenvalue weighted by molar-refractivity contribution is -0.137. The van der Waals surface area contributed by atoms with Gasteiger partial charge in [0.2, 0.25) is 0 Å². The quantitative estimate of drug-likeness (QED) is 0.861. The number of benzene rings is 1. The van der Waals surface area contributed by atoms with Gasteiger partial charge in [0.1, 0.15) is 12.4 Å². The van der Waals surface area contributed by atoms with Crippen LogP contribution in [0.4, 0.5) is 13.2 Å². The Morgan fingerprint density at radius 2 is 1.90 bits per heavy atom. The molecule has 0 radical (unpaired) electrons. The highest BCUT2D eigenvalue weighted by molar-refractivity contribution is 5.29. The van der Waals surface area contributed by atoms with Crippen LogP contribution >= 0.6 is 0 Å². The SMILES string of the molecule is FC(F)(F)c1ccc(OCc2ncn3c2CCCC3)cc1. The summed E-state index contributed by atoms with van der Waals surface area (Å²) in [6.45, 7) is 1.26. The molecule has 21 heavy (non-hydrogen) atoms. The average Bonchev–Trinajstić information content (AvgIpc) is 2.88. The molecule has 0 aliphatic carbocycles. The molecule has 1 aromatic heterocycles. The standard InChI is InChI=1S/C15H15F3N2O/c16-15(17,18)11-4-6-12(7-5-11)21-9-13-14-3-1-2-8-20(14)10-19-13/h4-7,10H,1-3,8-9H2. The van der Waals surface area contributed by atoms with Crippen molar-refractivity contribution < 1.29 is 17.9 Å². The van der Waals surface area contributed by atoms with Crippen molar-refractivity contribution in [3.63, 3.8) is 0 Å². The number of aryl methyl sites for hydroxylation is 1. The van der Waals surface area contributed by atoms with Crippen LogP contribution in [0.25, 0.3) is 0 Å². The molecule has 0 spiro atoms. The van der Waals surface area contributed by atoms with E-state index in [4.69, 9.17) is 4.74 Å². The number of rotatable bonds is 3. The van der Waals surface area contributed by atoms with Crippen LogP contribution in [0.1, 0.15) is 29.8 Å². The van der Waals surface area contributed by atoms with Gasteiger partial charge in [-0.1, -0.05) is 0 Å². The molecule has 3 rings (SSSR count). The lowest BCUT2D eigenvalue weighted by Gasteiger charge is -2.15. The first-order valence-electron chi connectivity index (χ1n) is 6.87. The first kappa shape index (κ1) is 14.0. The monoisotopic (exact) mass is 296 g/mol. The van der Waals surface area contributed by atoms with Crippen molar-refractivity contribution in [2.75, 3.05) is 0 Å². The number of hydrogen-bond donors (Lipinski definition) is 0. The number of fused-ring (bicyclic) bond motifs is 1. The van der Waals surface area contributed by atoms with E-state index in [9.17, 15) is 13.2 Å². The van der Waals surface area contributed by atoms with E-state index in [0.29, 0.717) is 5.75 Å². The molecule has 112 valence electrons. The van der Waals surface area contributed by atoms with E-state index >= 15 is 0 Å². The minimum absolute atomic E-state index is 0.285. The number of hydrogen-bond acceptors (Lipinski definition) is 2. The van der Waals surface area contributed by atoms with Crippen LogP contribution in [-0.2, 0) is 25.7 Å². The predicted octanol–water partition coefficient (Wildman–Crippen LogP) is 3.82. The van der Waals surface area contributed by atoms with Crippen molar-refractivity contribution in [3.05, 3.63) is 47.5 Å². The molecule has 0 atom stereocenters. The van der Waals surface area contributed by atoms with Gasteiger partial charge in [-0.2, -0.15) is 13.2 Å². The second kappa shape index (κ2) is 5.42. The van der Waals surface area contributed by atoms with Gasteiger partial charge in [0.05, 0.1) is 17.6 Å². The fourth-order valence-corrected chi connectivity index (χ4v) is 2.52. The molecule has 2 aromatic rings. The Labute approximate surface area is 120 Å². The van der Waals surface area contributed by atoms with Crippen LogP contribution in [0.15, 0.2) is 30.6 Å². The van der Waals surface area contributed by atoms with E-state index < -0.39 is 11.7 Å². The summed E-state index contributed by atoms with van der Waals surface area (Å²) in [6, 6.07) is 4.73. The van der Waals surface area contributed by atoms with Crippen molar-refractivity contribution in [3.8, 4) is 5.75 Å². The van der Waals surface area contributed by atoms with Gasteiger partial charge in [-0.25, -0.2) is 4.98 Å². The predicted molar refractivity (Wildman–Crippen MR) is 70.9 cm³/mol. The van der Waals surface area contributed by atoms with E-state index in [-0.39, 0.29) is 6.61 Å². The first-order chi connectivity index (χ1) is 10.0. The molecular formula is C15H15F3N2O. The highest BCUT2D eigenvalue weighted by Gasteiger charge is 2.30. The van der Waals surface area contributed by atoms with Gasteiger partial charge >= 0.3 is 6.18 Å². The molecule has 0 bridgehead atoms. The molecule has 0 fully saturated rings. The summed E-state index contributed by atoms with van der Waals surface area (Å²) in [4.78, 5) is 4.33. The Morgan fingerprint density at radius 1 is 1.14 bits per heavy atom. The summed E-state index contributed by atoms with van der Waals surface area (Å²) >= 11 is 0. The Bertz CT molecular complexity index is 617. The van der Waals surface area contributed by atoms with E-state index in [0.717, 1.165) is 43.6 Å². The Hall–Kier alpha value is -1.98. The summed E-state index contributed by atoms with van der Waals surface area (Å²) in [5.41, 5.74) is 1.37. The van der Waals surface area contributed by atoms with Crippen molar-refractivity contribution in [1.82, 2.24) is 9.55 Å². The molecule has 0 saturated heterocycles. The van der Waals surface area contributed by atoms with Gasteiger partial charge in [0.15, 0.2) is 0 Å². The second-order valence-corrected chi connectivity index (χ2v) is 5.10. The molecule has 6 heteroatoms. The van der Waals surface area contributed by atoms with Crippen molar-refractivity contribution in [1.29, 1.82) is 0 Å². The minimum Gasteiger partial charge on any atom is -0.487 e. The average molecular weight is 296 g/mol. The molecule has 1 aliphatic heterocycles. The Morgan fingerprint density at radius 3 is 2.62 bits per heavy atom. The summed E-state index contributed by atoms with van der Waals surface area (Å²) in [5, 5.41) is 0. The van der Waals surface area contributed by atoms with Gasteiger partial charge in [-0.05, 0) is 43.5 Å². The number of imidazole rings is 1. The molecule has 0 amide bonds. The van der Waals surface area contributed by atoms with Crippen LogP contribution in [0.2, 0.25) is 0 Å². The van der Waals surface area contributed by atoms with Crippen LogP contribution < -0.4 is 4.74 Å². The van der Waals surface area contributed by atoms with Crippen molar-refractivity contribution in [2.24, 2.45) is 0 Å². The van der Waals surface area contributed by atoms with E-state index in [1.54, 1.807) is 6.33 Å². The van der Waals surface area contributed by atoms with E-state index in [1.165, 1.54) is 17.8 Å². The third-order valence-electron chi connectivity index (χ3n) is 3.65. The Balaban J connectivity index is 1.66. The fraction of sp³-hybridized carbons (Fsp3) is 0.400. The second-order valence-electron chi connectivity index (χ2n) is 5.10. The molecule has 3 nitrogen and oxygen atoms in total. The number of ether oxygens (including phenoxy) is 1. The number of halogens is 3. The molecule has 1 aliphatic rings. The van der Waals surface area contributed by atoms with Gasteiger partial charge in [0, 0.05) is 12.2 Å². The smallest absolute Gasteiger partial charge is 0.416 e. The third kappa shape index (κ3) is 3.04. The summed E-state index contributed by atoms with van der Waals surface area (Å²) in [5.74, 6) is 0.417. The number of aromatic nitrogens is 2. The van der Waals surface area contributed by atoms with Crippen LogP contribution in [0, 0.1) is 0 Å². The highest BCUT2D eigenvalue weighted by atomic mass is 19.4. The van der Waals surface area contributed by atoms with Crippen LogP contribution in [-0.4, -0.2) is 9.55 Å². The normalized spacial score (nSPS) is 14.8. The lowest BCUT2D eigenvalue weighted by Crippen LogP contribution is -2.11. The van der Waals surface area contributed by atoms with Gasteiger partial charge in [0.25, 0.3) is 0 Å². The largest absolute Gasteiger partial charge is 0.487 e. The molecular weight excluding hydrogens is 281 g/mol. The van der Waals surface area contributed by atoms with Crippen LogP contribution in [0.3, 0.4) is 0 Å². The maximum atomic E-state index is 12.5. The zero-order valence-corrected chi connectivity index (χ0v) is 11.4. The molecule has 0 N–H and O–H groups in total. The topological polar surface area (TPSA) is 27.1 Å². The summed E-state index contributed by atoms with van der Waals surface area (Å²) in [7, 11) is 0. The van der Waals surface area contributed by atoms with Crippen molar-refractivity contribution >= 4 is 0 Å². The third-order valence-corrected chi connectivity index (χ3v) is 3.65. The van der Waals surface area contributed by atoms with Gasteiger partial charge in [-0.15, -0.1) is 0 Å². The molecule has 0 unspecified atom stereocenters. The Kier molecular flexibility index (Phi) is 3.61. The van der Waals surface area contributed by atoms with Crippen molar-refractivity contribution in [2.45, 2.75) is 38.6 Å². The number of alkyl halides is 3. The van der Waals surface area contributed by atoms with Gasteiger partial charge in [-0.3, -0.25) is 0 Å². The zero-order chi connectivity index (χ0) is 14.9. The lowest BCUT2D eigenvalue weighted by atomic mass is 10.1. The first-order valence-corrected chi connectivity index (χ1v) is 6.87. The fourth-order valence-electron chi connectivity index (χ4n) is 2.52. The molecule has 1 aromatic carbocycles. The maximum absolute atomic E-state index is 12.5. The summed E-state index contributed by atoms with van der Waals surface area (Å²) in [6.07, 6.45) is 0.759. The number of nitrogens with zero attached hydrogens (tertiary/aromatic N) is 2. The minimum atomic E-state index is -4.32. The van der Waals surface area contributed by atoms with Gasteiger partial charge < -0.3 is 9.30 Å². The molecule has 0 saturated carbocycles. The highest BCUT2D eigenvalue weighted by Crippen LogP contribution is 2.30. The van der Waals surface area contributed by atoms with E-state index in [2.05, 4.69) is 9.55 Å².